The summed E-state index contributed by atoms with van der Waals surface area (Å²) in [6.45, 7) is 16.9. The van der Waals surface area contributed by atoms with Gasteiger partial charge in [0.25, 0.3) is 0 Å². The fourth-order valence-corrected chi connectivity index (χ4v) is 15.5. The van der Waals surface area contributed by atoms with Crippen molar-refractivity contribution in [3.8, 4) is 34.0 Å². The molecule has 90 heavy (non-hydrogen) atoms. The summed E-state index contributed by atoms with van der Waals surface area (Å²) in [5.41, 5.74) is 26.5. The Balaban J connectivity index is 0.777. The lowest BCUT2D eigenvalue weighted by Gasteiger charge is -2.37. The van der Waals surface area contributed by atoms with Gasteiger partial charge in [0.2, 0.25) is 17.8 Å². The van der Waals surface area contributed by atoms with Gasteiger partial charge in [-0.2, -0.15) is 15.0 Å². The third kappa shape index (κ3) is 11.7. The standard InChI is InChI=1S/C66H78Cl3N15O6/c1-9-33(46-19-37-23-48(89-51(37)26-74-46)53-57(68)78-63(71)81-60(53)83-65(7)14-12-34(27-85)32(65)6)18-41-31(5)45(21-39(41)29-87)76-59-52(56(67)77-62(70)80-59)49-24-38-20-44(75-43(11-3)55(38)90-49)30(4)16-42-35(28-86)13-15-66(42,8)84-61-54(58(69)79-64(72)82-61)47-22-36-17-40(10-2)73-25-50(36)88-47/h17,19-20,22-26,30-31,33,35,39,41-42,45,85-87H,9-16,18,21,27-29H2,1-8H3,(H3,70,76,77,80)(H3,71,78,81,83)(H3,72,79,82,84). The van der Waals surface area contributed by atoms with Gasteiger partial charge < -0.3 is 61.7 Å². The van der Waals surface area contributed by atoms with Crippen LogP contribution in [0.4, 0.5) is 35.3 Å². The zero-order valence-electron chi connectivity index (χ0n) is 51.9. The van der Waals surface area contributed by atoms with Gasteiger partial charge in [-0.1, -0.05) is 69.4 Å². The highest BCUT2D eigenvalue weighted by molar-refractivity contribution is 6.33. The van der Waals surface area contributed by atoms with Crippen LogP contribution < -0.4 is 33.2 Å². The molecular formula is C66H78Cl3N15O6. The first-order valence-electron chi connectivity index (χ1n) is 31.2. The fraction of sp³-hybridized carbons (Fsp3) is 0.470. The van der Waals surface area contributed by atoms with Crippen LogP contribution in [0.25, 0.3) is 66.9 Å². The number of halogens is 3. The second-order valence-corrected chi connectivity index (χ2v) is 26.6. The Bertz CT molecular complexity index is 4230. The topological polar surface area (TPSA) is 330 Å². The number of rotatable bonds is 21. The van der Waals surface area contributed by atoms with E-state index in [0.717, 1.165) is 95.0 Å². The van der Waals surface area contributed by atoms with E-state index in [2.05, 4.69) is 101 Å². The molecule has 10 unspecified atom stereocenters. The van der Waals surface area contributed by atoms with E-state index in [1.807, 2.05) is 31.2 Å². The van der Waals surface area contributed by atoms with Crippen LogP contribution in [0.5, 0.6) is 0 Å². The number of nitrogens with one attached hydrogen (secondary N) is 3. The van der Waals surface area contributed by atoms with Crippen molar-refractivity contribution in [3.05, 3.63) is 98.2 Å². The van der Waals surface area contributed by atoms with Gasteiger partial charge in [-0.25, -0.2) is 15.0 Å². The van der Waals surface area contributed by atoms with E-state index >= 15 is 0 Å². The highest BCUT2D eigenvalue weighted by Gasteiger charge is 2.47. The van der Waals surface area contributed by atoms with E-state index < -0.39 is 11.1 Å². The molecule has 0 aliphatic heterocycles. The minimum atomic E-state index is -0.557. The van der Waals surface area contributed by atoms with Crippen LogP contribution in [0.2, 0.25) is 15.5 Å². The minimum absolute atomic E-state index is 0.0000753. The molecule has 0 saturated heterocycles. The van der Waals surface area contributed by atoms with Crippen molar-refractivity contribution >= 4 is 103 Å². The Hall–Kier alpha value is -7.40. The molecule has 9 heterocycles. The van der Waals surface area contributed by atoms with Crippen LogP contribution in [0.15, 0.2) is 73.2 Å². The second kappa shape index (κ2) is 25.0. The van der Waals surface area contributed by atoms with Crippen molar-refractivity contribution in [1.82, 2.24) is 44.9 Å². The monoisotopic (exact) mass is 1280 g/mol. The number of fused-ring (bicyclic) bond motifs is 3. The largest absolute Gasteiger partial charge is 0.454 e. The van der Waals surface area contributed by atoms with E-state index in [1.54, 1.807) is 12.4 Å². The van der Waals surface area contributed by atoms with Crippen LogP contribution in [-0.2, 0) is 12.8 Å². The molecule has 3 aliphatic carbocycles. The number of furan rings is 3. The first-order valence-corrected chi connectivity index (χ1v) is 32.3. The molecule has 2 fully saturated rings. The maximum atomic E-state index is 11.0. The van der Waals surface area contributed by atoms with Gasteiger partial charge in [0.1, 0.15) is 50.2 Å². The number of aryl methyl sites for hydroxylation is 2. The molecule has 10 atom stereocenters. The van der Waals surface area contributed by atoms with E-state index in [9.17, 15) is 15.3 Å². The molecule has 21 nitrogen and oxygen atoms in total. The van der Waals surface area contributed by atoms with Crippen LogP contribution in [0, 0.1) is 29.6 Å². The first-order chi connectivity index (χ1) is 43.1. The summed E-state index contributed by atoms with van der Waals surface area (Å²) in [6.07, 6.45) is 10.8. The Morgan fingerprint density at radius 2 is 1.24 bits per heavy atom. The SMILES string of the molecule is CCc1cc2cc(-c3c(Cl)nc(N)nc3NC3(C)CCC(CO)C3CC(C)c3cc4cc(-c5c(Cl)nc(N)nc5NC5CC(CO)C(CC(CC)c6cc7cc(-c8c(Cl)nc(N)nc8NC8(C)CCC(CO)=C8C)oc7cn6)C5C)oc4c(CC)n3)oc2cn1. The molecule has 0 spiro atoms. The van der Waals surface area contributed by atoms with Gasteiger partial charge in [-0.3, -0.25) is 15.0 Å². The molecule has 9 aromatic rings. The molecule has 474 valence electrons. The van der Waals surface area contributed by atoms with E-state index in [1.165, 1.54) is 0 Å². The summed E-state index contributed by atoms with van der Waals surface area (Å²) < 4.78 is 19.5. The minimum Gasteiger partial charge on any atom is -0.454 e. The van der Waals surface area contributed by atoms with E-state index in [0.29, 0.717) is 87.4 Å². The molecule has 12 rings (SSSR count). The smallest absolute Gasteiger partial charge is 0.223 e. The zero-order chi connectivity index (χ0) is 63.7. The predicted molar refractivity (Wildman–Crippen MR) is 354 cm³/mol. The van der Waals surface area contributed by atoms with Crippen LogP contribution >= 0.6 is 34.8 Å². The number of hydrogen-bond donors (Lipinski definition) is 9. The zero-order valence-corrected chi connectivity index (χ0v) is 54.2. The number of anilines is 6. The maximum absolute atomic E-state index is 11.0. The second-order valence-electron chi connectivity index (χ2n) is 25.5. The predicted octanol–water partition coefficient (Wildman–Crippen LogP) is 13.6. The molecular weight excluding hydrogens is 1210 g/mol. The molecule has 0 radical (unpaired) electrons. The molecule has 2 saturated carbocycles. The number of nitrogen functional groups attached to an aromatic ring is 3. The van der Waals surface area contributed by atoms with Gasteiger partial charge in [0.05, 0.1) is 46.9 Å². The molecule has 3 aliphatic rings. The van der Waals surface area contributed by atoms with Crippen molar-refractivity contribution in [2.75, 3.05) is 53.0 Å². The number of pyridine rings is 3. The van der Waals surface area contributed by atoms with Crippen molar-refractivity contribution in [3.63, 3.8) is 0 Å². The van der Waals surface area contributed by atoms with Crippen molar-refractivity contribution in [1.29, 1.82) is 0 Å². The summed E-state index contributed by atoms with van der Waals surface area (Å²) in [7, 11) is 0. The lowest BCUT2D eigenvalue weighted by Crippen LogP contribution is -2.42. The number of nitrogens with zero attached hydrogens (tertiary/aromatic N) is 9. The normalized spacial score (nSPS) is 23.4. The number of aliphatic hydroxyl groups is 3. The van der Waals surface area contributed by atoms with Crippen LogP contribution in [-0.4, -0.2) is 97.1 Å². The van der Waals surface area contributed by atoms with Gasteiger partial charge in [0.15, 0.2) is 16.7 Å². The quantitative estimate of drug-likeness (QED) is 0.0238. The summed E-state index contributed by atoms with van der Waals surface area (Å²) in [6, 6.07) is 11.8. The van der Waals surface area contributed by atoms with Crippen molar-refractivity contribution in [2.24, 2.45) is 29.6 Å². The Kier molecular flexibility index (Phi) is 17.4. The lowest BCUT2D eigenvalue weighted by atomic mass is 9.77. The molecule has 24 heteroatoms. The summed E-state index contributed by atoms with van der Waals surface area (Å²) in [5.74, 6) is 2.84. The first kappa shape index (κ1) is 62.8. The maximum Gasteiger partial charge on any atom is 0.223 e. The van der Waals surface area contributed by atoms with Crippen molar-refractivity contribution < 1.29 is 28.6 Å². The number of hydrogen-bond acceptors (Lipinski definition) is 21. The number of aromatic nitrogens is 9. The summed E-state index contributed by atoms with van der Waals surface area (Å²) in [5, 5.41) is 46.0. The van der Waals surface area contributed by atoms with Crippen molar-refractivity contribution in [2.45, 2.75) is 149 Å². The van der Waals surface area contributed by atoms with Gasteiger partial charge >= 0.3 is 0 Å². The lowest BCUT2D eigenvalue weighted by molar-refractivity contribution is 0.166. The fourth-order valence-electron chi connectivity index (χ4n) is 14.7. The average Bonchev–Trinajstić information content (AvgIpc) is 1.63. The summed E-state index contributed by atoms with van der Waals surface area (Å²) in [4.78, 5) is 41.8. The van der Waals surface area contributed by atoms with Gasteiger partial charge in [-0.15, -0.1) is 0 Å². The third-order valence-electron chi connectivity index (χ3n) is 20.1. The number of nitrogens with two attached hydrogens (primary N) is 3. The Morgan fingerprint density at radius 1 is 0.667 bits per heavy atom. The highest BCUT2D eigenvalue weighted by atomic mass is 35.5. The molecule has 0 bridgehead atoms. The molecule has 12 N–H and O–H groups in total. The van der Waals surface area contributed by atoms with Gasteiger partial charge in [0, 0.05) is 64.0 Å². The Morgan fingerprint density at radius 3 is 1.84 bits per heavy atom. The molecule has 0 amide bonds. The Labute approximate surface area is 536 Å². The van der Waals surface area contributed by atoms with Gasteiger partial charge in [-0.05, 0) is 168 Å². The van der Waals surface area contributed by atoms with Crippen LogP contribution in [0.3, 0.4) is 0 Å². The highest BCUT2D eigenvalue weighted by Crippen LogP contribution is 2.51. The van der Waals surface area contributed by atoms with Crippen LogP contribution in [0.1, 0.15) is 141 Å². The third-order valence-corrected chi connectivity index (χ3v) is 20.9. The number of aliphatic hydroxyl groups excluding tert-OH is 3. The molecule has 0 aromatic carbocycles. The molecule has 9 aromatic heterocycles. The van der Waals surface area contributed by atoms with E-state index in [-0.39, 0.29) is 101 Å². The van der Waals surface area contributed by atoms with E-state index in [4.69, 9.17) is 85.2 Å². The summed E-state index contributed by atoms with van der Waals surface area (Å²) >= 11 is 20.8. The average molecular weight is 1280 g/mol.